The van der Waals surface area contributed by atoms with Gasteiger partial charge < -0.3 is 4.74 Å². The van der Waals surface area contributed by atoms with E-state index in [1.807, 2.05) is 0 Å². The first-order valence-corrected chi connectivity index (χ1v) is 6.63. The molecular formula is C11H2F20O. The second-order valence-electron chi connectivity index (χ2n) is 5.47. The topological polar surface area (TPSA) is 9.23 Å². The fraction of sp³-hybridized carbons (Fsp3) is 0.818. The van der Waals surface area contributed by atoms with Crippen LogP contribution in [0.25, 0.3) is 0 Å². The molecule has 0 aliphatic heterocycles. The molecular weight excluding hydrogens is 528 g/mol. The van der Waals surface area contributed by atoms with Crippen LogP contribution >= 0.6 is 0 Å². The van der Waals surface area contributed by atoms with Gasteiger partial charge in [-0.25, -0.2) is 0 Å². The highest BCUT2D eigenvalue weighted by atomic mass is 19.4. The van der Waals surface area contributed by atoms with E-state index >= 15 is 0 Å². The Morgan fingerprint density at radius 3 is 1.00 bits per heavy atom. The van der Waals surface area contributed by atoms with Crippen molar-refractivity contribution in [1.82, 2.24) is 0 Å². The molecule has 0 radical (unpaired) electrons. The molecule has 0 rings (SSSR count). The van der Waals surface area contributed by atoms with Crippen molar-refractivity contribution in [2.24, 2.45) is 0 Å². The molecule has 21 heteroatoms. The normalized spacial score (nSPS) is 15.6. The summed E-state index contributed by atoms with van der Waals surface area (Å²) >= 11 is 0. The van der Waals surface area contributed by atoms with Crippen LogP contribution in [0.4, 0.5) is 87.8 Å². The molecule has 0 bridgehead atoms. The van der Waals surface area contributed by atoms with Crippen molar-refractivity contribution in [3.63, 3.8) is 0 Å². The van der Waals surface area contributed by atoms with Gasteiger partial charge in [-0.05, 0) is 0 Å². The van der Waals surface area contributed by atoms with Crippen LogP contribution in [0.15, 0.2) is 12.1 Å². The van der Waals surface area contributed by atoms with Crippen molar-refractivity contribution in [3.8, 4) is 0 Å². The van der Waals surface area contributed by atoms with E-state index in [0.717, 1.165) is 0 Å². The van der Waals surface area contributed by atoms with E-state index in [1.54, 1.807) is 0 Å². The van der Waals surface area contributed by atoms with Crippen molar-refractivity contribution < 1.29 is 92.5 Å². The van der Waals surface area contributed by atoms with Crippen molar-refractivity contribution >= 4 is 0 Å². The Morgan fingerprint density at radius 1 is 0.438 bits per heavy atom. The number of alkyl halides is 17. The van der Waals surface area contributed by atoms with Gasteiger partial charge in [-0.2, -0.15) is 87.8 Å². The zero-order chi connectivity index (χ0) is 26.6. The lowest BCUT2D eigenvalue weighted by atomic mass is 9.89. The molecule has 0 aromatic rings. The van der Waals surface area contributed by atoms with Crippen molar-refractivity contribution in [3.05, 3.63) is 12.1 Å². The highest BCUT2D eigenvalue weighted by Crippen LogP contribution is 2.63. The Kier molecular flexibility index (Phi) is 7.41. The highest BCUT2D eigenvalue weighted by molar-refractivity contribution is 5.15. The Labute approximate surface area is 160 Å². The number of rotatable bonds is 9. The van der Waals surface area contributed by atoms with Gasteiger partial charge in [0.1, 0.15) is 0 Å². The van der Waals surface area contributed by atoms with Crippen molar-refractivity contribution in [2.75, 3.05) is 6.61 Å². The molecule has 0 aliphatic carbocycles. The van der Waals surface area contributed by atoms with E-state index in [9.17, 15) is 87.8 Å². The molecule has 1 nitrogen and oxygen atoms in total. The van der Waals surface area contributed by atoms with Gasteiger partial charge in [0.25, 0.3) is 0 Å². The quantitative estimate of drug-likeness (QED) is 0.230. The summed E-state index contributed by atoms with van der Waals surface area (Å²) in [5.41, 5.74) is 0. The van der Waals surface area contributed by atoms with E-state index < -0.39 is 66.3 Å². The van der Waals surface area contributed by atoms with Gasteiger partial charge in [-0.1, -0.05) is 0 Å². The van der Waals surface area contributed by atoms with E-state index in [2.05, 4.69) is 4.74 Å². The lowest BCUT2D eigenvalue weighted by Gasteiger charge is -2.42. The number of hydrogen-bond acceptors (Lipinski definition) is 1. The summed E-state index contributed by atoms with van der Waals surface area (Å²) < 4.78 is 256. The predicted molar refractivity (Wildman–Crippen MR) is 57.0 cm³/mol. The monoisotopic (exact) mass is 530 g/mol. The van der Waals surface area contributed by atoms with Crippen LogP contribution in [0.2, 0.25) is 0 Å². The summed E-state index contributed by atoms with van der Waals surface area (Å²) in [7, 11) is 0. The Bertz CT molecular complexity index is 710. The first-order chi connectivity index (χ1) is 13.6. The van der Waals surface area contributed by atoms with Crippen LogP contribution in [-0.4, -0.2) is 54.2 Å². The molecule has 192 valence electrons. The molecule has 0 amide bonds. The Morgan fingerprint density at radius 2 is 0.719 bits per heavy atom. The minimum absolute atomic E-state index is 2.46. The second-order valence-corrected chi connectivity index (χ2v) is 5.47. The molecule has 0 aliphatic rings. The molecule has 0 aromatic carbocycles. The highest BCUT2D eigenvalue weighted by Gasteiger charge is 2.95. The van der Waals surface area contributed by atoms with Crippen LogP contribution in [-0.2, 0) is 4.74 Å². The molecule has 0 spiro atoms. The molecule has 0 saturated heterocycles. The van der Waals surface area contributed by atoms with Gasteiger partial charge in [0.2, 0.25) is 0 Å². The van der Waals surface area contributed by atoms with Gasteiger partial charge in [0.05, 0.1) is 0 Å². The average molecular weight is 530 g/mol. The summed E-state index contributed by atoms with van der Waals surface area (Å²) in [6.07, 6.45) is -11.6. The summed E-state index contributed by atoms with van der Waals surface area (Å²) in [6, 6.07) is -3.52. The van der Waals surface area contributed by atoms with Crippen LogP contribution < -0.4 is 0 Å². The third-order valence-corrected chi connectivity index (χ3v) is 3.32. The lowest BCUT2D eigenvalue weighted by Crippen LogP contribution is -2.74. The van der Waals surface area contributed by atoms with Crippen LogP contribution in [0.1, 0.15) is 0 Å². The summed E-state index contributed by atoms with van der Waals surface area (Å²) in [6.45, 7) is -3.78. The molecule has 0 unspecified atom stereocenters. The molecule has 0 N–H and O–H groups in total. The fourth-order valence-corrected chi connectivity index (χ4v) is 1.50. The zero-order valence-electron chi connectivity index (χ0n) is 13.7. The van der Waals surface area contributed by atoms with Crippen LogP contribution in [0.5, 0.6) is 0 Å². The lowest BCUT2D eigenvalue weighted by molar-refractivity contribution is -0.462. The van der Waals surface area contributed by atoms with Crippen LogP contribution in [0, 0.1) is 0 Å². The van der Waals surface area contributed by atoms with Gasteiger partial charge in [0.15, 0.2) is 6.61 Å². The van der Waals surface area contributed by atoms with Gasteiger partial charge in [-0.3, -0.25) is 0 Å². The maximum atomic E-state index is 13.2. The van der Waals surface area contributed by atoms with Crippen molar-refractivity contribution in [1.29, 1.82) is 0 Å². The van der Waals surface area contributed by atoms with E-state index in [-0.39, 0.29) is 0 Å². The maximum absolute atomic E-state index is 13.2. The average Bonchev–Trinajstić information content (AvgIpc) is 2.57. The van der Waals surface area contributed by atoms with Gasteiger partial charge in [0, 0.05) is 0 Å². The fourth-order valence-electron chi connectivity index (χ4n) is 1.50. The summed E-state index contributed by atoms with van der Waals surface area (Å²) in [5, 5.41) is 0. The summed E-state index contributed by atoms with van der Waals surface area (Å²) in [4.78, 5) is 0. The maximum Gasteiger partial charge on any atom is 0.460 e. The van der Waals surface area contributed by atoms with Crippen molar-refractivity contribution in [2.45, 2.75) is 47.6 Å². The minimum Gasteiger partial charge on any atom is -0.460 e. The number of hydrogen-bond donors (Lipinski definition) is 0. The molecule has 32 heavy (non-hydrogen) atoms. The summed E-state index contributed by atoms with van der Waals surface area (Å²) in [5.74, 6) is -58.5. The van der Waals surface area contributed by atoms with Gasteiger partial charge in [-0.15, -0.1) is 0 Å². The third kappa shape index (κ3) is 4.10. The molecule has 0 aromatic heterocycles. The third-order valence-electron chi connectivity index (χ3n) is 3.32. The van der Waals surface area contributed by atoms with Gasteiger partial charge >= 0.3 is 59.7 Å². The van der Waals surface area contributed by atoms with Crippen LogP contribution in [0.3, 0.4) is 0 Å². The van der Waals surface area contributed by atoms with E-state index in [4.69, 9.17) is 0 Å². The smallest absolute Gasteiger partial charge is 0.460 e. The Hall–Kier alpha value is -1.86. The molecule has 0 fully saturated rings. The predicted octanol–water partition coefficient (Wildman–Crippen LogP) is 7.05. The van der Waals surface area contributed by atoms with E-state index in [0.29, 0.717) is 0 Å². The molecule has 0 heterocycles. The number of ether oxygens (including phenoxy) is 1. The largest absolute Gasteiger partial charge is 0.460 e. The molecule has 0 atom stereocenters. The first-order valence-electron chi connectivity index (χ1n) is 6.63. The zero-order valence-corrected chi connectivity index (χ0v) is 13.7. The second kappa shape index (κ2) is 7.87. The Balaban J connectivity index is 6.56. The molecule has 0 saturated carbocycles. The minimum atomic E-state index is -8.82. The van der Waals surface area contributed by atoms with E-state index in [1.165, 1.54) is 0 Å². The first kappa shape index (κ1) is 30.1. The number of halogens is 20. The standard InChI is InChI=1S/C11H2F20O/c12-2(13)3(14)32-1-4(15,16)5(17,18)6(19,20)7(21,22)8(23,24)9(25,26)10(27,28)11(29,30)31/h1H2. The SMILES string of the molecule is FC(F)=C(F)OCC(F)(F)C(F)(F)C(F)(F)C(F)(F)C(F)(F)C(F)(F)C(F)(F)C(F)(F)F.